The van der Waals surface area contributed by atoms with Crippen molar-refractivity contribution >= 4 is 16.6 Å². The van der Waals surface area contributed by atoms with E-state index in [9.17, 15) is 15.2 Å². The van der Waals surface area contributed by atoms with Crippen LogP contribution >= 0.6 is 0 Å². The molecule has 0 radical (unpaired) electrons. The Balaban J connectivity index is 0.00000300. The normalized spacial score (nSPS) is 12.2. The molecule has 7 heteroatoms. The zero-order valence-electron chi connectivity index (χ0n) is 17.0. The highest BCUT2D eigenvalue weighted by Crippen LogP contribution is 2.36. The van der Waals surface area contributed by atoms with Gasteiger partial charge in [0.1, 0.15) is 0 Å². The average Bonchev–Trinajstić information content (AvgIpc) is 2.97. The van der Waals surface area contributed by atoms with Gasteiger partial charge in [-0.05, 0) is 31.6 Å². The number of fused-ring (bicyclic) bond motifs is 1. The molecule has 0 aliphatic carbocycles. The molecule has 156 valence electrons. The molecule has 6 nitrogen and oxygen atoms in total. The standard InChI is InChI=1S/C22H27N3O3.ClH/c1-4-23(5-2)14-19(26)15-24-16(3)22(17-9-7-6-8-10-17)20-13-18(25(27)28)11-12-21(20)24;/h6-13,19,26H,4-5,14-15H2,1-3H3;1H/p-1. The Morgan fingerprint density at radius 2 is 1.79 bits per heavy atom. The molecule has 0 aliphatic rings. The predicted octanol–water partition coefficient (Wildman–Crippen LogP) is 1.23. The molecule has 1 aromatic heterocycles. The van der Waals surface area contributed by atoms with Crippen molar-refractivity contribution in [3.63, 3.8) is 0 Å². The number of likely N-dealkylation sites (N-methyl/N-ethyl adjacent to an activating group) is 1. The monoisotopic (exact) mass is 416 g/mol. The van der Waals surface area contributed by atoms with Gasteiger partial charge in [0.2, 0.25) is 0 Å². The number of hydrogen-bond acceptors (Lipinski definition) is 4. The van der Waals surface area contributed by atoms with Gasteiger partial charge in [-0.15, -0.1) is 0 Å². The first-order valence-electron chi connectivity index (χ1n) is 9.69. The lowest BCUT2D eigenvalue weighted by Crippen LogP contribution is -3.00. The summed E-state index contributed by atoms with van der Waals surface area (Å²) in [6, 6.07) is 14.9. The third-order valence-electron chi connectivity index (χ3n) is 5.34. The minimum Gasteiger partial charge on any atom is -1.00 e. The van der Waals surface area contributed by atoms with Gasteiger partial charge in [0.25, 0.3) is 5.69 Å². The van der Waals surface area contributed by atoms with Crippen molar-refractivity contribution in [3.8, 4) is 11.1 Å². The van der Waals surface area contributed by atoms with Gasteiger partial charge in [-0.3, -0.25) is 10.1 Å². The van der Waals surface area contributed by atoms with E-state index in [-0.39, 0.29) is 23.0 Å². The lowest BCUT2D eigenvalue weighted by Gasteiger charge is -2.23. The van der Waals surface area contributed by atoms with E-state index in [1.54, 1.807) is 12.1 Å². The topological polar surface area (TPSA) is 71.5 Å². The van der Waals surface area contributed by atoms with E-state index in [0.717, 1.165) is 40.8 Å². The molecule has 1 unspecified atom stereocenters. The second kappa shape index (κ2) is 9.87. The molecule has 29 heavy (non-hydrogen) atoms. The summed E-state index contributed by atoms with van der Waals surface area (Å²) in [5, 5.41) is 22.8. The van der Waals surface area contributed by atoms with E-state index in [2.05, 4.69) is 23.3 Å². The summed E-state index contributed by atoms with van der Waals surface area (Å²) in [5.41, 5.74) is 3.98. The van der Waals surface area contributed by atoms with Crippen molar-refractivity contribution < 1.29 is 22.4 Å². The van der Waals surface area contributed by atoms with Gasteiger partial charge in [-0.2, -0.15) is 0 Å². The summed E-state index contributed by atoms with van der Waals surface area (Å²) in [6.45, 7) is 9.00. The highest BCUT2D eigenvalue weighted by atomic mass is 35.5. The molecule has 1 atom stereocenters. The number of hydrogen-bond donors (Lipinski definition) is 1. The number of benzene rings is 2. The van der Waals surface area contributed by atoms with Crippen molar-refractivity contribution in [2.45, 2.75) is 33.4 Å². The molecule has 0 saturated carbocycles. The zero-order chi connectivity index (χ0) is 20.3. The van der Waals surface area contributed by atoms with Gasteiger partial charge < -0.3 is 27.0 Å². The summed E-state index contributed by atoms with van der Waals surface area (Å²) in [7, 11) is 0. The van der Waals surface area contributed by atoms with E-state index in [4.69, 9.17) is 0 Å². The Labute approximate surface area is 177 Å². The van der Waals surface area contributed by atoms with Crippen molar-refractivity contribution in [2.24, 2.45) is 0 Å². The van der Waals surface area contributed by atoms with Gasteiger partial charge in [-0.1, -0.05) is 44.2 Å². The molecule has 0 saturated heterocycles. The molecule has 3 aromatic rings. The SMILES string of the molecule is CCN(CC)CC(O)Cn1c(C)c(-c2ccccc2)c2cc([N+](=O)[O-])ccc21.[Cl-]. The molecule has 0 bridgehead atoms. The fraction of sp³-hybridized carbons (Fsp3) is 0.364. The molecule has 0 aliphatic heterocycles. The number of rotatable bonds is 8. The number of aliphatic hydroxyl groups is 1. The number of nitrogens with zero attached hydrogens (tertiary/aromatic N) is 3. The predicted molar refractivity (Wildman–Crippen MR) is 113 cm³/mol. The van der Waals surface area contributed by atoms with Gasteiger partial charge in [0, 0.05) is 40.8 Å². The minimum atomic E-state index is -0.520. The summed E-state index contributed by atoms with van der Waals surface area (Å²) in [6.07, 6.45) is -0.520. The lowest BCUT2D eigenvalue weighted by atomic mass is 10.0. The van der Waals surface area contributed by atoms with Crippen LogP contribution in [-0.2, 0) is 6.54 Å². The van der Waals surface area contributed by atoms with E-state index >= 15 is 0 Å². The minimum absolute atomic E-state index is 0. The first-order valence-corrected chi connectivity index (χ1v) is 9.69. The van der Waals surface area contributed by atoms with Crippen LogP contribution in [0.3, 0.4) is 0 Å². The van der Waals surface area contributed by atoms with Crippen molar-refractivity contribution in [1.29, 1.82) is 0 Å². The van der Waals surface area contributed by atoms with Crippen LogP contribution in [-0.4, -0.2) is 45.2 Å². The largest absolute Gasteiger partial charge is 1.00 e. The highest BCUT2D eigenvalue weighted by molar-refractivity contribution is 5.99. The van der Waals surface area contributed by atoms with Gasteiger partial charge in [-0.25, -0.2) is 0 Å². The first kappa shape index (κ1) is 22.9. The quantitative estimate of drug-likeness (QED) is 0.443. The second-order valence-electron chi connectivity index (χ2n) is 7.04. The van der Waals surface area contributed by atoms with Gasteiger partial charge in [0.15, 0.2) is 0 Å². The fourth-order valence-corrected chi connectivity index (χ4v) is 3.84. The smallest absolute Gasteiger partial charge is 0.270 e. The van der Waals surface area contributed by atoms with Crippen LogP contribution in [0.2, 0.25) is 0 Å². The summed E-state index contributed by atoms with van der Waals surface area (Å²) in [4.78, 5) is 13.1. The Morgan fingerprint density at radius 1 is 1.14 bits per heavy atom. The van der Waals surface area contributed by atoms with E-state index in [1.807, 2.05) is 37.3 Å². The van der Waals surface area contributed by atoms with Crippen LogP contribution in [0, 0.1) is 17.0 Å². The highest BCUT2D eigenvalue weighted by Gasteiger charge is 2.20. The van der Waals surface area contributed by atoms with Crippen molar-refractivity contribution in [2.75, 3.05) is 19.6 Å². The zero-order valence-corrected chi connectivity index (χ0v) is 17.8. The Bertz CT molecular complexity index is 968. The molecule has 0 amide bonds. The summed E-state index contributed by atoms with van der Waals surface area (Å²) in [5.74, 6) is 0. The first-order chi connectivity index (χ1) is 13.5. The second-order valence-corrected chi connectivity index (χ2v) is 7.04. The van der Waals surface area contributed by atoms with Crippen LogP contribution < -0.4 is 12.4 Å². The number of aliphatic hydroxyl groups excluding tert-OH is 1. The van der Waals surface area contributed by atoms with Crippen LogP contribution in [0.1, 0.15) is 19.5 Å². The van der Waals surface area contributed by atoms with Crippen LogP contribution in [0.5, 0.6) is 0 Å². The van der Waals surface area contributed by atoms with E-state index < -0.39 is 6.10 Å². The third-order valence-corrected chi connectivity index (χ3v) is 5.34. The number of non-ortho nitro benzene ring substituents is 1. The Kier molecular flexibility index (Phi) is 7.79. The lowest BCUT2D eigenvalue weighted by molar-refractivity contribution is -0.384. The molecule has 1 heterocycles. The molecular weight excluding hydrogens is 390 g/mol. The number of nitro benzene ring substituents is 1. The van der Waals surface area contributed by atoms with Crippen LogP contribution in [0.25, 0.3) is 22.0 Å². The van der Waals surface area contributed by atoms with Crippen LogP contribution in [0.4, 0.5) is 5.69 Å². The molecule has 0 spiro atoms. The fourth-order valence-electron chi connectivity index (χ4n) is 3.84. The van der Waals surface area contributed by atoms with E-state index in [1.165, 1.54) is 6.07 Å². The maximum absolute atomic E-state index is 11.3. The summed E-state index contributed by atoms with van der Waals surface area (Å²) < 4.78 is 2.08. The molecule has 3 rings (SSSR count). The van der Waals surface area contributed by atoms with Crippen molar-refractivity contribution in [1.82, 2.24) is 9.47 Å². The Hall–Kier alpha value is -2.41. The third kappa shape index (κ3) is 4.78. The number of aromatic nitrogens is 1. The van der Waals surface area contributed by atoms with Crippen molar-refractivity contribution in [3.05, 3.63) is 64.3 Å². The molecular formula is C22H27ClN3O3-. The van der Waals surface area contributed by atoms with Crippen LogP contribution in [0.15, 0.2) is 48.5 Å². The maximum Gasteiger partial charge on any atom is 0.270 e. The Morgan fingerprint density at radius 3 is 2.38 bits per heavy atom. The average molecular weight is 417 g/mol. The van der Waals surface area contributed by atoms with E-state index in [0.29, 0.717) is 13.1 Å². The van der Waals surface area contributed by atoms with Gasteiger partial charge >= 0.3 is 0 Å². The summed E-state index contributed by atoms with van der Waals surface area (Å²) >= 11 is 0. The number of nitro groups is 1. The number of halogens is 1. The molecule has 0 fully saturated rings. The molecule has 1 N–H and O–H groups in total. The molecule has 2 aromatic carbocycles. The maximum atomic E-state index is 11.3. The van der Waals surface area contributed by atoms with Gasteiger partial charge in [0.05, 0.1) is 17.6 Å².